The second-order valence-corrected chi connectivity index (χ2v) is 7.19. The Bertz CT molecular complexity index is 705. The van der Waals surface area contributed by atoms with Crippen LogP contribution < -0.4 is 0 Å². The minimum Gasteiger partial charge on any atom is -0.327 e. The number of rotatable bonds is 2. The van der Waals surface area contributed by atoms with Crippen LogP contribution in [0.5, 0.6) is 0 Å². The van der Waals surface area contributed by atoms with E-state index in [1.807, 2.05) is 12.5 Å². The number of imidazole rings is 1. The molecule has 1 aromatic heterocycles. The lowest BCUT2D eigenvalue weighted by Crippen LogP contribution is -2.21. The molecule has 0 aromatic carbocycles. The minimum atomic E-state index is 0.419. The average molecular weight is 327 g/mol. The molecule has 4 rings (SSSR count). The Labute approximate surface area is 143 Å². The Morgan fingerprint density at radius 2 is 2.13 bits per heavy atom. The molecule has 0 N–H and O–H groups in total. The fourth-order valence-electron chi connectivity index (χ4n) is 4.17. The van der Waals surface area contributed by atoms with Crippen molar-refractivity contribution in [2.75, 3.05) is 0 Å². The molecular weight excluding hydrogens is 304 g/mol. The largest absolute Gasteiger partial charge is 0.327 e. The Kier molecular flexibility index (Phi) is 4.26. The Morgan fingerprint density at radius 3 is 3.04 bits per heavy atom. The molecule has 2 atom stereocenters. The number of hydrogen-bond donors (Lipinski definition) is 0. The minimum absolute atomic E-state index is 0.419. The van der Waals surface area contributed by atoms with Crippen LogP contribution in [0.15, 0.2) is 59.1 Å². The second-order valence-electron chi connectivity index (χ2n) is 6.74. The third kappa shape index (κ3) is 2.85. The van der Waals surface area contributed by atoms with Crippen LogP contribution in [0.3, 0.4) is 0 Å². The summed E-state index contributed by atoms with van der Waals surface area (Å²) in [5, 5.41) is 1.05. The SMILES string of the molecule is ClC1=C(C2CC=CC=C2C2CCCCc3cncn32)C=CCC1. The van der Waals surface area contributed by atoms with E-state index in [1.54, 1.807) is 0 Å². The molecule has 1 aromatic rings. The number of nitrogens with zero attached hydrogens (tertiary/aromatic N) is 2. The fourth-order valence-corrected chi connectivity index (χ4v) is 4.48. The lowest BCUT2D eigenvalue weighted by atomic mass is 9.78. The maximum Gasteiger partial charge on any atom is 0.0953 e. The van der Waals surface area contributed by atoms with Crippen LogP contribution in [-0.2, 0) is 6.42 Å². The number of aromatic nitrogens is 2. The van der Waals surface area contributed by atoms with E-state index in [1.165, 1.54) is 36.1 Å². The van der Waals surface area contributed by atoms with Crippen LogP contribution >= 0.6 is 11.6 Å². The topological polar surface area (TPSA) is 17.8 Å². The van der Waals surface area contributed by atoms with Crippen molar-refractivity contribution in [3.8, 4) is 0 Å². The molecule has 0 saturated heterocycles. The summed E-state index contributed by atoms with van der Waals surface area (Å²) in [5.74, 6) is 0.419. The van der Waals surface area contributed by atoms with Gasteiger partial charge in [0.2, 0.25) is 0 Å². The summed E-state index contributed by atoms with van der Waals surface area (Å²) in [4.78, 5) is 4.41. The van der Waals surface area contributed by atoms with Gasteiger partial charge in [0.15, 0.2) is 0 Å². The Morgan fingerprint density at radius 1 is 1.17 bits per heavy atom. The molecule has 2 heterocycles. The first-order chi connectivity index (χ1) is 11.3. The molecule has 0 amide bonds. The maximum atomic E-state index is 6.59. The van der Waals surface area contributed by atoms with Crippen LogP contribution in [0.2, 0.25) is 0 Å². The fraction of sp³-hybridized carbons (Fsp3) is 0.450. The van der Waals surface area contributed by atoms with E-state index in [4.69, 9.17) is 11.6 Å². The van der Waals surface area contributed by atoms with Crippen molar-refractivity contribution in [3.63, 3.8) is 0 Å². The van der Waals surface area contributed by atoms with Crippen molar-refractivity contribution < 1.29 is 0 Å². The van der Waals surface area contributed by atoms with Crippen LogP contribution in [0.1, 0.15) is 50.3 Å². The van der Waals surface area contributed by atoms with Gasteiger partial charge < -0.3 is 4.57 Å². The lowest BCUT2D eigenvalue weighted by Gasteiger charge is -2.32. The monoisotopic (exact) mass is 326 g/mol. The molecule has 2 aliphatic carbocycles. The third-order valence-electron chi connectivity index (χ3n) is 5.34. The van der Waals surface area contributed by atoms with Gasteiger partial charge in [0, 0.05) is 22.8 Å². The van der Waals surface area contributed by atoms with Gasteiger partial charge in [-0.2, -0.15) is 0 Å². The summed E-state index contributed by atoms with van der Waals surface area (Å²) in [5.41, 5.74) is 4.22. The van der Waals surface area contributed by atoms with Crippen LogP contribution in [0.25, 0.3) is 0 Å². The quantitative estimate of drug-likeness (QED) is 0.702. The molecule has 23 heavy (non-hydrogen) atoms. The first-order valence-electron chi connectivity index (χ1n) is 8.77. The van der Waals surface area contributed by atoms with Gasteiger partial charge in [-0.1, -0.05) is 48.4 Å². The Balaban J connectivity index is 1.73. The summed E-state index contributed by atoms with van der Waals surface area (Å²) >= 11 is 6.59. The lowest BCUT2D eigenvalue weighted by molar-refractivity contribution is 0.478. The summed E-state index contributed by atoms with van der Waals surface area (Å²) < 4.78 is 2.41. The first kappa shape index (κ1) is 15.0. The highest BCUT2D eigenvalue weighted by atomic mass is 35.5. The normalized spacial score (nSPS) is 27.6. The molecule has 0 saturated carbocycles. The summed E-state index contributed by atoms with van der Waals surface area (Å²) in [6.07, 6.45) is 23.4. The number of fused-ring (bicyclic) bond motifs is 1. The summed E-state index contributed by atoms with van der Waals surface area (Å²) in [6.45, 7) is 0. The van der Waals surface area contributed by atoms with Crippen LogP contribution in [-0.4, -0.2) is 9.55 Å². The molecule has 0 fully saturated rings. The van der Waals surface area contributed by atoms with Crippen LogP contribution in [0, 0.1) is 5.92 Å². The van der Waals surface area contributed by atoms with Gasteiger partial charge in [0.25, 0.3) is 0 Å². The number of halogens is 1. The van der Waals surface area contributed by atoms with Gasteiger partial charge in [-0.05, 0) is 49.7 Å². The van der Waals surface area contributed by atoms with E-state index in [0.717, 1.165) is 30.7 Å². The smallest absolute Gasteiger partial charge is 0.0953 e. The molecule has 0 spiro atoms. The van der Waals surface area contributed by atoms with E-state index in [2.05, 4.69) is 39.9 Å². The van der Waals surface area contributed by atoms with Gasteiger partial charge >= 0.3 is 0 Å². The van der Waals surface area contributed by atoms with Crippen LogP contribution in [0.4, 0.5) is 0 Å². The van der Waals surface area contributed by atoms with Crippen molar-refractivity contribution in [3.05, 3.63) is 64.8 Å². The number of aryl methyl sites for hydroxylation is 1. The van der Waals surface area contributed by atoms with Gasteiger partial charge in [-0.3, -0.25) is 0 Å². The second kappa shape index (κ2) is 6.52. The standard InChI is InChI=1S/C20H23ClN2/c21-19-11-5-4-9-17(19)16-8-2-3-10-18(16)20-12-6-1-7-15-13-22-14-23(15)20/h2-4,9-10,13-14,16,20H,1,5-8,11-12H2. The zero-order chi connectivity index (χ0) is 15.6. The van der Waals surface area contributed by atoms with Gasteiger partial charge in [0.05, 0.1) is 12.4 Å². The molecule has 0 bridgehead atoms. The molecule has 1 aliphatic heterocycles. The van der Waals surface area contributed by atoms with Gasteiger partial charge in [-0.15, -0.1) is 0 Å². The molecule has 3 heteroatoms. The highest BCUT2D eigenvalue weighted by Gasteiger charge is 2.30. The van der Waals surface area contributed by atoms with Crippen molar-refractivity contribution in [2.45, 2.75) is 51.0 Å². The van der Waals surface area contributed by atoms with Crippen molar-refractivity contribution in [2.24, 2.45) is 5.92 Å². The first-order valence-corrected chi connectivity index (χ1v) is 9.15. The zero-order valence-corrected chi connectivity index (χ0v) is 14.2. The van der Waals surface area contributed by atoms with Gasteiger partial charge in [0.1, 0.15) is 0 Å². The van der Waals surface area contributed by atoms with Crippen molar-refractivity contribution in [1.82, 2.24) is 9.55 Å². The van der Waals surface area contributed by atoms with E-state index in [-0.39, 0.29) is 0 Å². The molecule has 120 valence electrons. The molecule has 2 unspecified atom stereocenters. The highest BCUT2D eigenvalue weighted by Crippen LogP contribution is 2.42. The van der Waals surface area contributed by atoms with E-state index in [9.17, 15) is 0 Å². The zero-order valence-electron chi connectivity index (χ0n) is 13.4. The molecular formula is C20H23ClN2. The van der Waals surface area contributed by atoms with Crippen molar-refractivity contribution >= 4 is 11.6 Å². The average Bonchev–Trinajstić information content (AvgIpc) is 2.95. The third-order valence-corrected chi connectivity index (χ3v) is 5.75. The van der Waals surface area contributed by atoms with Gasteiger partial charge in [-0.25, -0.2) is 4.98 Å². The predicted octanol–water partition coefficient (Wildman–Crippen LogP) is 5.50. The summed E-state index contributed by atoms with van der Waals surface area (Å²) in [7, 11) is 0. The predicted molar refractivity (Wildman–Crippen MR) is 95.4 cm³/mol. The maximum absolute atomic E-state index is 6.59. The molecule has 2 nitrogen and oxygen atoms in total. The number of hydrogen-bond acceptors (Lipinski definition) is 1. The van der Waals surface area contributed by atoms with E-state index >= 15 is 0 Å². The van der Waals surface area contributed by atoms with Crippen molar-refractivity contribution in [1.29, 1.82) is 0 Å². The molecule has 0 radical (unpaired) electrons. The highest BCUT2D eigenvalue weighted by molar-refractivity contribution is 6.30. The van der Waals surface area contributed by atoms with E-state index in [0.29, 0.717) is 12.0 Å². The van der Waals surface area contributed by atoms with E-state index < -0.39 is 0 Å². The Hall–Kier alpha value is -1.54. The summed E-state index contributed by atoms with van der Waals surface area (Å²) in [6, 6.07) is 0.428. The molecule has 3 aliphatic rings. The number of allylic oxidation sites excluding steroid dienone is 8.